The molecule has 2 aliphatic heterocycles. The fourth-order valence-electron chi connectivity index (χ4n) is 4.02. The van der Waals surface area contributed by atoms with Crippen molar-refractivity contribution in [2.75, 3.05) is 26.2 Å². The molecule has 2 aromatic heterocycles. The second-order valence-electron chi connectivity index (χ2n) is 8.55. The number of likely N-dealkylation sites (tertiary alicyclic amines) is 2. The molecule has 0 saturated carbocycles. The number of carboxylic acid groups (broad SMARTS) is 2. The summed E-state index contributed by atoms with van der Waals surface area (Å²) >= 11 is 3.71. The van der Waals surface area contributed by atoms with Crippen LogP contribution >= 0.6 is 22.7 Å². The molecule has 0 unspecified atom stereocenters. The summed E-state index contributed by atoms with van der Waals surface area (Å²) in [4.78, 5) is 24.6. The van der Waals surface area contributed by atoms with Crippen LogP contribution in [0.1, 0.15) is 29.7 Å². The number of hydrogen-bond acceptors (Lipinski definition) is 6. The predicted octanol–water partition coefficient (Wildman–Crippen LogP) is 5.56. The molecule has 36 heavy (non-hydrogen) atoms. The molecule has 2 aromatic rings. The smallest absolute Gasteiger partial charge is 0.475 e. The van der Waals surface area contributed by atoms with Crippen molar-refractivity contribution in [1.82, 2.24) is 9.80 Å². The molecule has 2 aliphatic rings. The Kier molecular flexibility index (Phi) is 10.8. The Morgan fingerprint density at radius 3 is 1.81 bits per heavy atom. The zero-order chi connectivity index (χ0) is 27.0. The first-order valence-electron chi connectivity index (χ1n) is 10.8. The van der Waals surface area contributed by atoms with Gasteiger partial charge >= 0.3 is 24.3 Å². The molecule has 1 spiro atoms. The van der Waals surface area contributed by atoms with Gasteiger partial charge in [-0.05, 0) is 78.1 Å². The molecule has 6 nitrogen and oxygen atoms in total. The quantitative estimate of drug-likeness (QED) is 0.477. The van der Waals surface area contributed by atoms with Crippen molar-refractivity contribution in [3.63, 3.8) is 0 Å². The Morgan fingerprint density at radius 2 is 1.39 bits per heavy atom. The van der Waals surface area contributed by atoms with Crippen LogP contribution in [0.2, 0.25) is 0 Å². The van der Waals surface area contributed by atoms with Crippen LogP contribution in [0.25, 0.3) is 0 Å². The lowest BCUT2D eigenvalue weighted by Crippen LogP contribution is -2.41. The van der Waals surface area contributed by atoms with Gasteiger partial charge in [0.05, 0.1) is 0 Å². The molecule has 202 valence electrons. The Bertz CT molecular complexity index is 917. The molecule has 0 radical (unpaired) electrons. The van der Waals surface area contributed by atoms with E-state index in [1.807, 2.05) is 22.7 Å². The van der Waals surface area contributed by atoms with Crippen LogP contribution in [0.3, 0.4) is 0 Å². The van der Waals surface area contributed by atoms with Gasteiger partial charge in [-0.3, -0.25) is 9.80 Å². The Labute approximate surface area is 211 Å². The second kappa shape index (κ2) is 12.9. The normalized spacial score (nSPS) is 18.2. The number of nitrogens with zero attached hydrogens (tertiary/aromatic N) is 2. The van der Waals surface area contributed by atoms with Gasteiger partial charge < -0.3 is 10.2 Å². The van der Waals surface area contributed by atoms with Crippen LogP contribution in [0.15, 0.2) is 34.3 Å². The van der Waals surface area contributed by atoms with Gasteiger partial charge in [0, 0.05) is 24.5 Å². The van der Waals surface area contributed by atoms with Crippen molar-refractivity contribution in [1.29, 1.82) is 0 Å². The summed E-state index contributed by atoms with van der Waals surface area (Å²) in [6.07, 6.45) is -5.99. The highest BCUT2D eigenvalue weighted by Gasteiger charge is 2.40. The number of carbonyl (C=O) groups is 2. The van der Waals surface area contributed by atoms with E-state index in [1.54, 1.807) is 0 Å². The first-order chi connectivity index (χ1) is 16.7. The summed E-state index contributed by atoms with van der Waals surface area (Å²) in [6.45, 7) is 7.49. The molecule has 0 atom stereocenters. The Hall–Kier alpha value is -2.16. The topological polar surface area (TPSA) is 81.1 Å². The lowest BCUT2D eigenvalue weighted by molar-refractivity contribution is -0.193. The van der Waals surface area contributed by atoms with Crippen molar-refractivity contribution in [2.45, 2.75) is 44.7 Å². The van der Waals surface area contributed by atoms with Crippen LogP contribution in [-0.2, 0) is 22.7 Å². The summed E-state index contributed by atoms with van der Waals surface area (Å²) in [7, 11) is 0. The number of thiophene rings is 2. The van der Waals surface area contributed by atoms with Crippen molar-refractivity contribution >= 4 is 34.6 Å². The van der Waals surface area contributed by atoms with E-state index in [0.29, 0.717) is 5.41 Å². The number of hydrogen-bond donors (Lipinski definition) is 2. The first-order valence-corrected chi connectivity index (χ1v) is 12.6. The molecule has 0 amide bonds. The van der Waals surface area contributed by atoms with Gasteiger partial charge in [0.1, 0.15) is 0 Å². The fraction of sp³-hybridized carbons (Fsp3) is 0.545. The first kappa shape index (κ1) is 30.1. The molecule has 2 fully saturated rings. The SMILES string of the molecule is O=C(O)C(F)(F)F.O=C(O)C(F)(F)F.c1csc(CN2CCC3(CCN(Cc4ccsc4)CC3)C2)c1. The largest absolute Gasteiger partial charge is 0.490 e. The van der Waals surface area contributed by atoms with Gasteiger partial charge in [0.15, 0.2) is 0 Å². The second-order valence-corrected chi connectivity index (χ2v) is 10.4. The van der Waals surface area contributed by atoms with Crippen LogP contribution in [-0.4, -0.2) is 70.5 Å². The average molecular weight is 561 g/mol. The van der Waals surface area contributed by atoms with Crippen LogP contribution in [0.4, 0.5) is 26.3 Å². The standard InChI is InChI=1S/C18H24N2S2.2C2HF3O2/c1-2-17(22-10-1)13-20-9-6-18(15-20)4-7-19(8-5-18)12-16-3-11-21-14-16;2*3-2(4,5)1(6)7/h1-3,10-11,14H,4-9,12-13,15H2;2*(H,6,7). The summed E-state index contributed by atoms with van der Waals surface area (Å²) < 4.78 is 63.5. The molecular weight excluding hydrogens is 534 g/mol. The van der Waals surface area contributed by atoms with Gasteiger partial charge in [0.25, 0.3) is 0 Å². The minimum Gasteiger partial charge on any atom is -0.475 e. The van der Waals surface area contributed by atoms with E-state index in [0.717, 1.165) is 13.1 Å². The van der Waals surface area contributed by atoms with Gasteiger partial charge in [-0.15, -0.1) is 11.3 Å². The monoisotopic (exact) mass is 560 g/mol. The van der Waals surface area contributed by atoms with Crippen molar-refractivity contribution in [3.05, 3.63) is 44.8 Å². The molecule has 0 bridgehead atoms. The van der Waals surface area contributed by atoms with Crippen molar-refractivity contribution in [2.24, 2.45) is 5.41 Å². The predicted molar refractivity (Wildman–Crippen MR) is 123 cm³/mol. The molecular formula is C22H26F6N2O4S2. The Morgan fingerprint density at radius 1 is 0.861 bits per heavy atom. The summed E-state index contributed by atoms with van der Waals surface area (Å²) in [5.74, 6) is -5.51. The molecule has 0 aliphatic carbocycles. The van der Waals surface area contributed by atoms with E-state index in [4.69, 9.17) is 19.8 Å². The molecule has 0 aromatic carbocycles. The number of aliphatic carboxylic acids is 2. The zero-order valence-electron chi connectivity index (χ0n) is 19.0. The molecule has 4 rings (SSSR count). The lowest BCUT2D eigenvalue weighted by atomic mass is 9.78. The van der Waals surface area contributed by atoms with Crippen molar-refractivity contribution in [3.8, 4) is 0 Å². The van der Waals surface area contributed by atoms with E-state index >= 15 is 0 Å². The number of carboxylic acids is 2. The molecule has 2 saturated heterocycles. The summed E-state index contributed by atoms with van der Waals surface area (Å²) in [5, 5.41) is 20.9. The number of piperidine rings is 1. The number of halogens is 6. The van der Waals surface area contributed by atoms with E-state index in [9.17, 15) is 26.3 Å². The molecule has 4 heterocycles. The van der Waals surface area contributed by atoms with E-state index in [1.165, 1.54) is 55.9 Å². The van der Waals surface area contributed by atoms with Gasteiger partial charge in [-0.2, -0.15) is 37.7 Å². The maximum Gasteiger partial charge on any atom is 0.490 e. The summed E-state index contributed by atoms with van der Waals surface area (Å²) in [5.41, 5.74) is 2.11. The van der Waals surface area contributed by atoms with E-state index in [-0.39, 0.29) is 0 Å². The number of alkyl halides is 6. The third kappa shape index (κ3) is 10.1. The minimum absolute atomic E-state index is 0.613. The highest BCUT2D eigenvalue weighted by atomic mass is 32.1. The van der Waals surface area contributed by atoms with Crippen molar-refractivity contribution < 1.29 is 46.1 Å². The third-order valence-electron chi connectivity index (χ3n) is 5.86. The Balaban J connectivity index is 0.000000271. The van der Waals surface area contributed by atoms with Gasteiger partial charge in [-0.25, -0.2) is 9.59 Å². The van der Waals surface area contributed by atoms with Gasteiger partial charge in [-0.1, -0.05) is 6.07 Å². The summed E-state index contributed by atoms with van der Waals surface area (Å²) in [6, 6.07) is 6.72. The fourth-order valence-corrected chi connectivity index (χ4v) is 5.43. The zero-order valence-corrected chi connectivity index (χ0v) is 20.7. The van der Waals surface area contributed by atoms with Crippen LogP contribution in [0, 0.1) is 5.41 Å². The van der Waals surface area contributed by atoms with E-state index in [2.05, 4.69) is 44.1 Å². The van der Waals surface area contributed by atoms with Crippen LogP contribution in [0.5, 0.6) is 0 Å². The van der Waals surface area contributed by atoms with Crippen LogP contribution < -0.4 is 0 Å². The highest BCUT2D eigenvalue weighted by Crippen LogP contribution is 2.41. The maximum absolute atomic E-state index is 10.6. The molecule has 2 N–H and O–H groups in total. The number of rotatable bonds is 4. The highest BCUT2D eigenvalue weighted by molar-refractivity contribution is 7.09. The van der Waals surface area contributed by atoms with E-state index < -0.39 is 24.3 Å². The average Bonchev–Trinajstić information content (AvgIpc) is 3.54. The maximum atomic E-state index is 10.6. The lowest BCUT2D eigenvalue weighted by Gasteiger charge is -2.39. The third-order valence-corrected chi connectivity index (χ3v) is 7.46. The molecule has 14 heteroatoms. The minimum atomic E-state index is -5.08. The van der Waals surface area contributed by atoms with Gasteiger partial charge in [0.2, 0.25) is 0 Å².